The molecule has 2 rings (SSSR count). The molecule has 0 aliphatic carbocycles. The largest absolute Gasteiger partial charge is 0.507 e. The van der Waals surface area contributed by atoms with Crippen LogP contribution in [0, 0.1) is 10.1 Å². The van der Waals surface area contributed by atoms with Gasteiger partial charge in [0.15, 0.2) is 5.75 Å². The predicted octanol–water partition coefficient (Wildman–Crippen LogP) is 5.47. The maximum atomic E-state index is 11.0. The molecule has 0 aromatic heterocycles. The van der Waals surface area contributed by atoms with Crippen LogP contribution in [0.4, 0.5) is 11.4 Å². The van der Waals surface area contributed by atoms with E-state index in [1.807, 2.05) is 20.8 Å². The van der Waals surface area contributed by atoms with Crippen LogP contribution in [0.3, 0.4) is 0 Å². The highest BCUT2D eigenvalue weighted by atomic mass is 79.9. The number of halogens is 2. The fourth-order valence-corrected chi connectivity index (χ4v) is 2.76. The van der Waals surface area contributed by atoms with Gasteiger partial charge in [-0.1, -0.05) is 32.4 Å². The molecule has 8 heteroatoms. The standard InChI is InChI=1S/C17H16BrClN2O4/c1-17(2,3)10-5-12(19)16(23)13(6-10)20-8-9-4-14(21(24)25)11(18)7-15(9)22/h4-8,22-23H,1-3H3. The summed E-state index contributed by atoms with van der Waals surface area (Å²) >= 11 is 9.08. The topological polar surface area (TPSA) is 96.0 Å². The van der Waals surface area contributed by atoms with Gasteiger partial charge in [0, 0.05) is 23.9 Å². The Hall–Kier alpha value is -2.12. The van der Waals surface area contributed by atoms with Gasteiger partial charge >= 0.3 is 0 Å². The summed E-state index contributed by atoms with van der Waals surface area (Å²) in [7, 11) is 0. The number of nitro benzene ring substituents is 1. The molecule has 132 valence electrons. The molecule has 0 heterocycles. The van der Waals surface area contributed by atoms with Crippen molar-refractivity contribution in [3.63, 3.8) is 0 Å². The molecule has 0 amide bonds. The monoisotopic (exact) mass is 426 g/mol. The number of hydrogen-bond donors (Lipinski definition) is 2. The highest BCUT2D eigenvalue weighted by Gasteiger charge is 2.19. The third-order valence-corrected chi connectivity index (χ3v) is 4.47. The van der Waals surface area contributed by atoms with Gasteiger partial charge in [-0.05, 0) is 39.0 Å². The van der Waals surface area contributed by atoms with Crippen molar-refractivity contribution in [3.05, 3.63) is 55.0 Å². The molecule has 0 bridgehead atoms. The van der Waals surface area contributed by atoms with Gasteiger partial charge in [0.2, 0.25) is 0 Å². The Balaban J connectivity index is 2.51. The Morgan fingerprint density at radius 1 is 1.24 bits per heavy atom. The lowest BCUT2D eigenvalue weighted by molar-refractivity contribution is -0.385. The van der Waals surface area contributed by atoms with Gasteiger partial charge in [-0.3, -0.25) is 15.1 Å². The summed E-state index contributed by atoms with van der Waals surface area (Å²) in [6, 6.07) is 5.76. The minimum Gasteiger partial charge on any atom is -0.507 e. The molecule has 0 radical (unpaired) electrons. The lowest BCUT2D eigenvalue weighted by Gasteiger charge is -2.20. The van der Waals surface area contributed by atoms with E-state index >= 15 is 0 Å². The molecule has 0 aliphatic rings. The fraction of sp³-hybridized carbons (Fsp3) is 0.235. The van der Waals surface area contributed by atoms with Gasteiger partial charge in [-0.2, -0.15) is 0 Å². The van der Waals surface area contributed by atoms with Crippen LogP contribution in [0.1, 0.15) is 31.9 Å². The van der Waals surface area contributed by atoms with E-state index in [9.17, 15) is 20.3 Å². The Morgan fingerprint density at radius 3 is 2.44 bits per heavy atom. The summed E-state index contributed by atoms with van der Waals surface area (Å²) in [5.41, 5.74) is 0.813. The van der Waals surface area contributed by atoms with Crippen LogP contribution in [-0.4, -0.2) is 21.4 Å². The minimum absolute atomic E-state index is 0.145. The molecule has 25 heavy (non-hydrogen) atoms. The van der Waals surface area contributed by atoms with Crippen LogP contribution < -0.4 is 0 Å². The number of benzene rings is 2. The second-order valence-corrected chi connectivity index (χ2v) is 7.72. The summed E-state index contributed by atoms with van der Waals surface area (Å²) in [5, 5.41) is 31.2. The van der Waals surface area contributed by atoms with Crippen LogP contribution >= 0.6 is 27.5 Å². The smallest absolute Gasteiger partial charge is 0.284 e. The molecule has 6 nitrogen and oxygen atoms in total. The van der Waals surface area contributed by atoms with E-state index in [0.29, 0.717) is 0 Å². The first-order valence-corrected chi connectivity index (χ1v) is 8.41. The highest BCUT2D eigenvalue weighted by Crippen LogP contribution is 2.39. The van der Waals surface area contributed by atoms with E-state index in [-0.39, 0.29) is 43.3 Å². The first-order chi connectivity index (χ1) is 11.5. The van der Waals surface area contributed by atoms with Gasteiger partial charge < -0.3 is 10.2 Å². The molecular formula is C17H16BrClN2O4. The SMILES string of the molecule is CC(C)(C)c1cc(Cl)c(O)c(N=Cc2cc([N+](=O)[O-])c(Br)cc2O)c1. The molecule has 2 aromatic rings. The van der Waals surface area contributed by atoms with E-state index in [0.717, 1.165) is 5.56 Å². The highest BCUT2D eigenvalue weighted by molar-refractivity contribution is 9.10. The zero-order valence-corrected chi connectivity index (χ0v) is 16.1. The van der Waals surface area contributed by atoms with Crippen molar-refractivity contribution in [1.29, 1.82) is 0 Å². The summed E-state index contributed by atoms with van der Waals surface area (Å²) in [6.07, 6.45) is 1.24. The molecule has 0 fully saturated rings. The van der Waals surface area contributed by atoms with Crippen molar-refractivity contribution in [2.75, 3.05) is 0 Å². The molecule has 0 aliphatic heterocycles. The van der Waals surface area contributed by atoms with Crippen molar-refractivity contribution >= 4 is 45.1 Å². The Morgan fingerprint density at radius 2 is 1.88 bits per heavy atom. The van der Waals surface area contributed by atoms with Crippen LogP contribution in [0.25, 0.3) is 0 Å². The summed E-state index contributed by atoms with van der Waals surface area (Å²) in [4.78, 5) is 14.6. The van der Waals surface area contributed by atoms with Crippen LogP contribution in [0.2, 0.25) is 5.02 Å². The van der Waals surface area contributed by atoms with Gasteiger partial charge in [0.05, 0.1) is 14.4 Å². The Kier molecular flexibility index (Phi) is 5.39. The number of nitro groups is 1. The number of aromatic hydroxyl groups is 2. The quantitative estimate of drug-likeness (QED) is 0.385. The van der Waals surface area contributed by atoms with E-state index in [4.69, 9.17) is 11.6 Å². The van der Waals surface area contributed by atoms with Gasteiger partial charge in [0.1, 0.15) is 11.4 Å². The maximum Gasteiger partial charge on any atom is 0.284 e. The first-order valence-electron chi connectivity index (χ1n) is 7.24. The van der Waals surface area contributed by atoms with E-state index in [2.05, 4.69) is 20.9 Å². The van der Waals surface area contributed by atoms with Crippen LogP contribution in [0.15, 0.2) is 33.7 Å². The molecular weight excluding hydrogens is 412 g/mol. The molecule has 0 spiro atoms. The maximum absolute atomic E-state index is 11.0. The zero-order chi connectivity index (χ0) is 18.9. The van der Waals surface area contributed by atoms with Crippen molar-refractivity contribution in [2.45, 2.75) is 26.2 Å². The van der Waals surface area contributed by atoms with Gasteiger partial charge in [0.25, 0.3) is 5.69 Å². The second-order valence-electron chi connectivity index (χ2n) is 6.45. The number of phenols is 2. The molecule has 2 N–H and O–H groups in total. The van der Waals surface area contributed by atoms with E-state index in [1.165, 1.54) is 18.3 Å². The molecule has 0 atom stereocenters. The summed E-state index contributed by atoms with van der Waals surface area (Å²) in [6.45, 7) is 5.98. The van der Waals surface area contributed by atoms with Crippen LogP contribution in [-0.2, 0) is 5.41 Å². The van der Waals surface area contributed by atoms with Crippen molar-refractivity contribution in [3.8, 4) is 11.5 Å². The van der Waals surface area contributed by atoms with Crippen LogP contribution in [0.5, 0.6) is 11.5 Å². The predicted molar refractivity (Wildman–Crippen MR) is 102 cm³/mol. The van der Waals surface area contributed by atoms with E-state index < -0.39 is 4.92 Å². The normalized spacial score (nSPS) is 11.9. The number of hydrogen-bond acceptors (Lipinski definition) is 5. The Bertz CT molecular complexity index is 876. The average Bonchev–Trinajstić information content (AvgIpc) is 2.48. The summed E-state index contributed by atoms with van der Waals surface area (Å²) in [5.74, 6) is -0.379. The molecule has 2 aromatic carbocycles. The number of rotatable bonds is 3. The Labute approximate surface area is 158 Å². The van der Waals surface area contributed by atoms with Gasteiger partial charge in [-0.25, -0.2) is 0 Å². The third kappa shape index (κ3) is 4.29. The number of aliphatic imine (C=N–C) groups is 1. The molecule has 0 saturated carbocycles. The van der Waals surface area contributed by atoms with E-state index in [1.54, 1.807) is 12.1 Å². The van der Waals surface area contributed by atoms with Crippen molar-refractivity contribution in [2.24, 2.45) is 4.99 Å². The molecule has 0 unspecified atom stereocenters. The average molecular weight is 428 g/mol. The van der Waals surface area contributed by atoms with Gasteiger partial charge in [-0.15, -0.1) is 0 Å². The third-order valence-electron chi connectivity index (χ3n) is 3.54. The second kappa shape index (κ2) is 7.01. The zero-order valence-electron chi connectivity index (χ0n) is 13.7. The lowest BCUT2D eigenvalue weighted by atomic mass is 9.87. The summed E-state index contributed by atoms with van der Waals surface area (Å²) < 4.78 is 0.160. The number of nitrogens with zero attached hydrogens (tertiary/aromatic N) is 2. The van der Waals surface area contributed by atoms with Crippen molar-refractivity contribution < 1.29 is 15.1 Å². The number of phenolic OH excluding ortho intramolecular Hbond substituents is 2. The lowest BCUT2D eigenvalue weighted by Crippen LogP contribution is -2.10. The fourth-order valence-electron chi connectivity index (χ4n) is 2.07. The minimum atomic E-state index is -0.574. The first kappa shape index (κ1) is 19.2. The molecule has 0 saturated heterocycles. The van der Waals surface area contributed by atoms with Crippen molar-refractivity contribution in [1.82, 2.24) is 0 Å².